The van der Waals surface area contributed by atoms with E-state index < -0.39 is 0 Å². The Morgan fingerprint density at radius 3 is 1.30 bits per heavy atom. The number of allylic oxidation sites excluding steroid dienone is 10. The summed E-state index contributed by atoms with van der Waals surface area (Å²) in [5.74, 6) is -0.151. The van der Waals surface area contributed by atoms with Crippen LogP contribution in [-0.2, 0) is 9.53 Å². The van der Waals surface area contributed by atoms with E-state index in [4.69, 9.17) is 4.74 Å². The standard InChI is InChI=1S/C31H50O2/c1-25(2)13-9-15-27(5)17-11-19-29(7)21-22-31(32)33-24-23-30(8)20-12-18-28(6)16-10-14-26(3)4/h13-14,17-18,21,23H,9-12,15-16,19-20,22,24H2,1-8H3/b27-17+,28-18+,29-21+,30-23+. The number of hydrogen-bond acceptors (Lipinski definition) is 2. The van der Waals surface area contributed by atoms with E-state index in [0.29, 0.717) is 13.0 Å². The van der Waals surface area contributed by atoms with Crippen LogP contribution in [0.25, 0.3) is 0 Å². The molecular formula is C31H50O2. The molecule has 0 saturated heterocycles. The van der Waals surface area contributed by atoms with Crippen LogP contribution in [0.1, 0.15) is 113 Å². The van der Waals surface area contributed by atoms with Crippen molar-refractivity contribution in [1.29, 1.82) is 0 Å². The predicted octanol–water partition coefficient (Wildman–Crippen LogP) is 9.76. The van der Waals surface area contributed by atoms with Crippen molar-refractivity contribution in [3.8, 4) is 0 Å². The fourth-order valence-electron chi connectivity index (χ4n) is 3.27. The van der Waals surface area contributed by atoms with Gasteiger partial charge in [-0.05, 0) is 113 Å². The van der Waals surface area contributed by atoms with Gasteiger partial charge < -0.3 is 4.74 Å². The lowest BCUT2D eigenvalue weighted by Gasteiger charge is -2.04. The summed E-state index contributed by atoms with van der Waals surface area (Å²) < 4.78 is 5.37. The highest BCUT2D eigenvalue weighted by atomic mass is 16.5. The second-order valence-corrected chi connectivity index (χ2v) is 9.81. The number of ether oxygens (including phenoxy) is 1. The highest BCUT2D eigenvalue weighted by Gasteiger charge is 2.00. The molecule has 0 aromatic carbocycles. The third-order valence-corrected chi connectivity index (χ3v) is 5.54. The van der Waals surface area contributed by atoms with Crippen molar-refractivity contribution in [1.82, 2.24) is 0 Å². The first-order chi connectivity index (χ1) is 15.6. The molecule has 0 bridgehead atoms. The molecule has 0 aromatic heterocycles. The van der Waals surface area contributed by atoms with Crippen molar-refractivity contribution in [3.05, 3.63) is 69.9 Å². The normalized spacial score (nSPS) is 13.1. The van der Waals surface area contributed by atoms with Crippen LogP contribution in [-0.4, -0.2) is 12.6 Å². The highest BCUT2D eigenvalue weighted by Crippen LogP contribution is 2.13. The maximum absolute atomic E-state index is 12.0. The first kappa shape index (κ1) is 30.9. The zero-order valence-corrected chi connectivity index (χ0v) is 22.9. The molecule has 0 aromatic rings. The second kappa shape index (κ2) is 19.4. The average Bonchev–Trinajstić information content (AvgIpc) is 2.71. The fourth-order valence-corrected chi connectivity index (χ4v) is 3.27. The largest absolute Gasteiger partial charge is 0.461 e. The maximum Gasteiger partial charge on any atom is 0.309 e. The Balaban J connectivity index is 4.12. The van der Waals surface area contributed by atoms with E-state index in [9.17, 15) is 4.79 Å². The van der Waals surface area contributed by atoms with Gasteiger partial charge in [-0.15, -0.1) is 0 Å². The maximum atomic E-state index is 12.0. The van der Waals surface area contributed by atoms with Crippen molar-refractivity contribution in [2.45, 2.75) is 113 Å². The van der Waals surface area contributed by atoms with E-state index in [1.807, 2.05) is 12.2 Å². The SMILES string of the molecule is CC(C)=CCC/C(C)=C/CC/C(C)=C/COC(=O)C/C=C(\C)CC/C=C(\C)CCC=C(C)C. The molecule has 0 aliphatic rings. The van der Waals surface area contributed by atoms with Gasteiger partial charge in [-0.3, -0.25) is 4.79 Å². The van der Waals surface area contributed by atoms with Crippen LogP contribution in [0.5, 0.6) is 0 Å². The third kappa shape index (κ3) is 21.5. The lowest BCUT2D eigenvalue weighted by molar-refractivity contribution is -0.141. The summed E-state index contributed by atoms with van der Waals surface area (Å²) in [5, 5.41) is 0. The monoisotopic (exact) mass is 454 g/mol. The van der Waals surface area contributed by atoms with Crippen LogP contribution in [0.4, 0.5) is 0 Å². The van der Waals surface area contributed by atoms with Gasteiger partial charge in [-0.2, -0.15) is 0 Å². The lowest BCUT2D eigenvalue weighted by Crippen LogP contribution is -2.03. The van der Waals surface area contributed by atoms with Gasteiger partial charge in [0.05, 0.1) is 6.42 Å². The molecule has 0 heterocycles. The number of rotatable bonds is 16. The molecule has 33 heavy (non-hydrogen) atoms. The first-order valence-corrected chi connectivity index (χ1v) is 12.6. The Morgan fingerprint density at radius 2 is 0.879 bits per heavy atom. The number of carbonyl (C=O) groups is 1. The molecule has 0 amide bonds. The van der Waals surface area contributed by atoms with Crippen LogP contribution in [0, 0.1) is 0 Å². The van der Waals surface area contributed by atoms with Crippen LogP contribution in [0.2, 0.25) is 0 Å². The summed E-state index contributed by atoms with van der Waals surface area (Å²) in [4.78, 5) is 12.0. The number of esters is 1. The average molecular weight is 455 g/mol. The van der Waals surface area contributed by atoms with Gasteiger partial charge >= 0.3 is 5.97 Å². The summed E-state index contributed by atoms with van der Waals surface area (Å²) in [6.45, 7) is 17.6. The van der Waals surface area contributed by atoms with Crippen molar-refractivity contribution in [3.63, 3.8) is 0 Å². The topological polar surface area (TPSA) is 26.3 Å². The van der Waals surface area contributed by atoms with Crippen LogP contribution in [0.15, 0.2) is 69.9 Å². The van der Waals surface area contributed by atoms with Crippen molar-refractivity contribution in [2.24, 2.45) is 0 Å². The molecule has 0 atom stereocenters. The summed E-state index contributed by atoms with van der Waals surface area (Å²) in [5.41, 5.74) is 8.18. The number of carbonyl (C=O) groups excluding carboxylic acids is 1. The molecule has 0 N–H and O–H groups in total. The van der Waals surface area contributed by atoms with Crippen LogP contribution in [0.3, 0.4) is 0 Å². The van der Waals surface area contributed by atoms with E-state index in [1.54, 1.807) is 0 Å². The highest BCUT2D eigenvalue weighted by molar-refractivity contribution is 5.71. The summed E-state index contributed by atoms with van der Waals surface area (Å²) in [6, 6.07) is 0. The molecule has 2 heteroatoms. The van der Waals surface area contributed by atoms with Gasteiger partial charge in [0.2, 0.25) is 0 Å². The van der Waals surface area contributed by atoms with Gasteiger partial charge in [0.1, 0.15) is 6.61 Å². The fraction of sp³-hybridized carbons (Fsp3) is 0.581. The van der Waals surface area contributed by atoms with Crippen molar-refractivity contribution in [2.75, 3.05) is 6.61 Å². The molecule has 0 spiro atoms. The lowest BCUT2D eigenvalue weighted by atomic mass is 10.1. The quantitative estimate of drug-likeness (QED) is 0.171. The molecule has 0 rings (SSSR count). The number of hydrogen-bond donors (Lipinski definition) is 0. The molecule has 0 unspecified atom stereocenters. The predicted molar refractivity (Wildman–Crippen MR) is 146 cm³/mol. The van der Waals surface area contributed by atoms with Crippen molar-refractivity contribution < 1.29 is 9.53 Å². The third-order valence-electron chi connectivity index (χ3n) is 5.54. The molecule has 186 valence electrons. The molecule has 2 nitrogen and oxygen atoms in total. The zero-order chi connectivity index (χ0) is 25.1. The summed E-state index contributed by atoms with van der Waals surface area (Å²) in [7, 11) is 0. The molecule has 0 aliphatic carbocycles. The van der Waals surface area contributed by atoms with Gasteiger partial charge in [-0.25, -0.2) is 0 Å². The van der Waals surface area contributed by atoms with Crippen LogP contribution >= 0.6 is 0 Å². The minimum absolute atomic E-state index is 0.151. The van der Waals surface area contributed by atoms with Gasteiger partial charge in [-0.1, -0.05) is 63.8 Å². The summed E-state index contributed by atoms with van der Waals surface area (Å²) >= 11 is 0. The Hall–Kier alpha value is -2.09. The van der Waals surface area contributed by atoms with Gasteiger partial charge in [0.25, 0.3) is 0 Å². The molecule has 0 radical (unpaired) electrons. The minimum Gasteiger partial charge on any atom is -0.461 e. The smallest absolute Gasteiger partial charge is 0.309 e. The van der Waals surface area contributed by atoms with E-state index >= 15 is 0 Å². The van der Waals surface area contributed by atoms with E-state index in [-0.39, 0.29) is 5.97 Å². The molecule has 0 saturated carbocycles. The molecule has 0 aliphatic heterocycles. The second-order valence-electron chi connectivity index (χ2n) is 9.81. The van der Waals surface area contributed by atoms with E-state index in [0.717, 1.165) is 51.4 Å². The summed E-state index contributed by atoms with van der Waals surface area (Å²) in [6.07, 6.45) is 22.2. The van der Waals surface area contributed by atoms with Crippen LogP contribution < -0.4 is 0 Å². The molecular weight excluding hydrogens is 404 g/mol. The van der Waals surface area contributed by atoms with Gasteiger partial charge in [0, 0.05) is 0 Å². The Bertz CT molecular complexity index is 746. The van der Waals surface area contributed by atoms with E-state index in [1.165, 1.54) is 33.4 Å². The van der Waals surface area contributed by atoms with Gasteiger partial charge in [0.15, 0.2) is 0 Å². The Labute approximate surface area is 205 Å². The molecule has 0 fully saturated rings. The minimum atomic E-state index is -0.151. The first-order valence-electron chi connectivity index (χ1n) is 12.6. The Morgan fingerprint density at radius 1 is 0.515 bits per heavy atom. The van der Waals surface area contributed by atoms with E-state index in [2.05, 4.69) is 79.7 Å². The zero-order valence-electron chi connectivity index (χ0n) is 22.9. The van der Waals surface area contributed by atoms with Crippen molar-refractivity contribution >= 4 is 5.97 Å². The Kier molecular flexibility index (Phi) is 18.2.